The fourth-order valence-electron chi connectivity index (χ4n) is 4.97. The topological polar surface area (TPSA) is 59.5 Å². The van der Waals surface area contributed by atoms with Gasteiger partial charge in [0.25, 0.3) is 5.91 Å². The Labute approximate surface area is 182 Å². The number of benzene rings is 2. The van der Waals surface area contributed by atoms with Crippen molar-refractivity contribution < 1.29 is 14.3 Å². The van der Waals surface area contributed by atoms with Crippen LogP contribution >= 0.6 is 0 Å². The van der Waals surface area contributed by atoms with E-state index in [1.54, 1.807) is 11.8 Å². The van der Waals surface area contributed by atoms with Crippen molar-refractivity contribution in [3.8, 4) is 0 Å². The average molecular weight is 415 g/mol. The molecule has 0 radical (unpaired) electrons. The number of rotatable bonds is 3. The van der Waals surface area contributed by atoms with Crippen molar-refractivity contribution in [1.29, 1.82) is 0 Å². The van der Waals surface area contributed by atoms with Gasteiger partial charge in [0.05, 0.1) is 11.1 Å². The molecule has 1 aromatic heterocycles. The third kappa shape index (κ3) is 3.38. The van der Waals surface area contributed by atoms with Crippen molar-refractivity contribution in [2.24, 2.45) is 0 Å². The number of hydrogen-bond acceptors (Lipinski definition) is 4. The Hall–Kier alpha value is -3.21. The SMILES string of the molecule is C[C@H](OC(=O)c1c2c(nc3ccccc13)CCCC2)C(=O)N1c2ccccc2C[C@H]1C. The minimum absolute atomic E-state index is 0.0422. The normalized spacial score (nSPS) is 18.4. The van der Waals surface area contributed by atoms with E-state index in [9.17, 15) is 9.59 Å². The van der Waals surface area contributed by atoms with E-state index in [4.69, 9.17) is 9.72 Å². The van der Waals surface area contributed by atoms with Crippen LogP contribution in [0.5, 0.6) is 0 Å². The van der Waals surface area contributed by atoms with E-state index in [0.29, 0.717) is 5.56 Å². The third-order valence-electron chi connectivity index (χ3n) is 6.45. The first-order chi connectivity index (χ1) is 15.0. The number of carbonyl (C=O) groups is 2. The molecule has 5 heteroatoms. The van der Waals surface area contributed by atoms with Gasteiger partial charge in [-0.25, -0.2) is 4.79 Å². The van der Waals surface area contributed by atoms with E-state index in [1.165, 1.54) is 0 Å². The largest absolute Gasteiger partial charge is 0.449 e. The first-order valence-electron chi connectivity index (χ1n) is 11.1. The highest BCUT2D eigenvalue weighted by Crippen LogP contribution is 2.33. The monoisotopic (exact) mass is 414 g/mol. The highest BCUT2D eigenvalue weighted by molar-refractivity contribution is 6.07. The van der Waals surface area contributed by atoms with E-state index in [1.807, 2.05) is 55.5 Å². The van der Waals surface area contributed by atoms with E-state index in [2.05, 4.69) is 0 Å². The summed E-state index contributed by atoms with van der Waals surface area (Å²) in [6.45, 7) is 3.70. The predicted molar refractivity (Wildman–Crippen MR) is 120 cm³/mol. The second-order valence-electron chi connectivity index (χ2n) is 8.57. The summed E-state index contributed by atoms with van der Waals surface area (Å²) in [5.74, 6) is -0.615. The molecule has 5 nitrogen and oxygen atoms in total. The number of pyridine rings is 1. The molecule has 2 heterocycles. The van der Waals surface area contributed by atoms with E-state index >= 15 is 0 Å². The first kappa shape index (κ1) is 19.7. The van der Waals surface area contributed by atoms with Gasteiger partial charge < -0.3 is 9.64 Å². The zero-order chi connectivity index (χ0) is 21.5. The number of esters is 1. The lowest BCUT2D eigenvalue weighted by Gasteiger charge is -2.26. The zero-order valence-corrected chi connectivity index (χ0v) is 17.9. The number of anilines is 1. The molecule has 0 N–H and O–H groups in total. The number of carbonyl (C=O) groups excluding carboxylic acids is 2. The van der Waals surface area contributed by atoms with Crippen LogP contribution in [-0.4, -0.2) is 29.0 Å². The number of hydrogen-bond donors (Lipinski definition) is 0. The summed E-state index contributed by atoms with van der Waals surface area (Å²) < 4.78 is 5.79. The van der Waals surface area contributed by atoms with Gasteiger partial charge in [-0.1, -0.05) is 36.4 Å². The van der Waals surface area contributed by atoms with Gasteiger partial charge in [-0.2, -0.15) is 0 Å². The Bertz CT molecular complexity index is 1190. The number of aryl methyl sites for hydroxylation is 1. The lowest BCUT2D eigenvalue weighted by Crippen LogP contribution is -2.43. The molecule has 0 saturated heterocycles. The molecule has 1 aliphatic carbocycles. The zero-order valence-electron chi connectivity index (χ0n) is 17.9. The molecule has 3 aromatic rings. The molecule has 31 heavy (non-hydrogen) atoms. The molecule has 1 aliphatic heterocycles. The van der Waals surface area contributed by atoms with Gasteiger partial charge >= 0.3 is 5.97 Å². The van der Waals surface area contributed by atoms with Crippen LogP contribution < -0.4 is 4.90 Å². The Morgan fingerprint density at radius 3 is 2.68 bits per heavy atom. The molecule has 2 atom stereocenters. The highest BCUT2D eigenvalue weighted by atomic mass is 16.5. The Kier molecular flexibility index (Phi) is 4.97. The minimum atomic E-state index is -0.868. The Morgan fingerprint density at radius 1 is 1.06 bits per heavy atom. The van der Waals surface area contributed by atoms with Crippen molar-refractivity contribution in [2.75, 3.05) is 4.90 Å². The van der Waals surface area contributed by atoms with Gasteiger partial charge in [-0.05, 0) is 69.2 Å². The number of nitrogens with zero attached hydrogens (tertiary/aromatic N) is 2. The van der Waals surface area contributed by atoms with Crippen LogP contribution in [0.25, 0.3) is 10.9 Å². The number of amides is 1. The van der Waals surface area contributed by atoms with Crippen molar-refractivity contribution >= 4 is 28.5 Å². The van der Waals surface area contributed by atoms with Crippen LogP contribution in [0, 0.1) is 0 Å². The van der Waals surface area contributed by atoms with Gasteiger partial charge in [-0.15, -0.1) is 0 Å². The standard InChI is InChI=1S/C26H26N2O3/c1-16-15-18-9-3-8-14-23(18)28(16)25(29)17(2)31-26(30)24-19-10-4-6-12-21(19)27-22-13-7-5-11-20(22)24/h3-4,6,8-10,12,14,16-17H,5,7,11,13,15H2,1-2H3/t16-,17+/m1/s1. The van der Waals surface area contributed by atoms with Gasteiger partial charge in [0, 0.05) is 22.8 Å². The van der Waals surface area contributed by atoms with Crippen molar-refractivity contribution in [3.05, 3.63) is 70.9 Å². The van der Waals surface area contributed by atoms with Crippen molar-refractivity contribution in [1.82, 2.24) is 4.98 Å². The maximum Gasteiger partial charge on any atom is 0.339 e. The summed E-state index contributed by atoms with van der Waals surface area (Å²) in [7, 11) is 0. The molecule has 0 saturated carbocycles. The van der Waals surface area contributed by atoms with Gasteiger partial charge in [0.15, 0.2) is 6.10 Å². The lowest BCUT2D eigenvalue weighted by molar-refractivity contribution is -0.126. The fourth-order valence-corrected chi connectivity index (χ4v) is 4.97. The van der Waals surface area contributed by atoms with Crippen LogP contribution in [0.3, 0.4) is 0 Å². The fraction of sp³-hybridized carbons (Fsp3) is 0.346. The molecule has 1 amide bonds. The Balaban J connectivity index is 1.46. The molecule has 0 unspecified atom stereocenters. The number of para-hydroxylation sites is 2. The quantitative estimate of drug-likeness (QED) is 0.586. The smallest absolute Gasteiger partial charge is 0.339 e. The highest BCUT2D eigenvalue weighted by Gasteiger charge is 2.35. The van der Waals surface area contributed by atoms with Crippen LogP contribution in [0.4, 0.5) is 5.69 Å². The second kappa shape index (κ2) is 7.80. The molecule has 0 fully saturated rings. The van der Waals surface area contributed by atoms with E-state index < -0.39 is 12.1 Å². The van der Waals surface area contributed by atoms with Crippen LogP contribution in [0.1, 0.15) is 53.9 Å². The second-order valence-corrected chi connectivity index (χ2v) is 8.57. The number of aromatic nitrogens is 1. The molecular formula is C26H26N2O3. The molecule has 0 spiro atoms. The van der Waals surface area contributed by atoms with Gasteiger partial charge in [-0.3, -0.25) is 9.78 Å². The van der Waals surface area contributed by atoms with Gasteiger partial charge in [0.1, 0.15) is 0 Å². The summed E-state index contributed by atoms with van der Waals surface area (Å²) in [6.07, 6.45) is 3.74. The molecule has 2 aliphatic rings. The predicted octanol–water partition coefficient (Wildman–Crippen LogP) is 4.64. The molecule has 2 aromatic carbocycles. The summed E-state index contributed by atoms with van der Waals surface area (Å²) in [5, 5.41) is 0.799. The lowest BCUT2D eigenvalue weighted by atomic mass is 9.90. The van der Waals surface area contributed by atoms with Crippen molar-refractivity contribution in [2.45, 2.75) is 58.1 Å². The molecular weight excluding hydrogens is 388 g/mol. The average Bonchev–Trinajstić information content (AvgIpc) is 3.12. The van der Waals surface area contributed by atoms with Crippen LogP contribution in [0.2, 0.25) is 0 Å². The number of fused-ring (bicyclic) bond motifs is 3. The van der Waals surface area contributed by atoms with E-state index in [-0.39, 0.29) is 11.9 Å². The van der Waals surface area contributed by atoms with Crippen molar-refractivity contribution in [3.63, 3.8) is 0 Å². The molecule has 158 valence electrons. The van der Waals surface area contributed by atoms with Crippen LogP contribution in [0.15, 0.2) is 48.5 Å². The maximum atomic E-state index is 13.4. The van der Waals surface area contributed by atoms with E-state index in [0.717, 1.165) is 65.5 Å². The Morgan fingerprint density at radius 2 is 1.81 bits per heavy atom. The molecule has 0 bridgehead atoms. The maximum absolute atomic E-state index is 13.4. The van der Waals surface area contributed by atoms with Crippen LogP contribution in [-0.2, 0) is 28.8 Å². The third-order valence-corrected chi connectivity index (χ3v) is 6.45. The summed E-state index contributed by atoms with van der Waals surface area (Å²) in [4.78, 5) is 33.2. The number of ether oxygens (including phenoxy) is 1. The summed E-state index contributed by atoms with van der Waals surface area (Å²) in [6, 6.07) is 15.6. The van der Waals surface area contributed by atoms with Gasteiger partial charge in [0.2, 0.25) is 0 Å². The minimum Gasteiger partial charge on any atom is -0.449 e. The summed E-state index contributed by atoms with van der Waals surface area (Å²) >= 11 is 0. The molecule has 5 rings (SSSR count). The first-order valence-corrected chi connectivity index (χ1v) is 11.1. The summed E-state index contributed by atoms with van der Waals surface area (Å²) in [5.41, 5.74) is 5.41.